The van der Waals surface area contributed by atoms with E-state index in [2.05, 4.69) is 10.3 Å². The van der Waals surface area contributed by atoms with Crippen molar-refractivity contribution in [1.29, 1.82) is 0 Å². The molecule has 4 rings (SSSR count). The van der Waals surface area contributed by atoms with E-state index >= 15 is 0 Å². The molecule has 152 valence electrons. The van der Waals surface area contributed by atoms with Crippen molar-refractivity contribution in [2.24, 2.45) is 0 Å². The largest absolute Gasteiger partial charge is 0.487 e. The van der Waals surface area contributed by atoms with Crippen LogP contribution in [0, 0.1) is 11.6 Å². The van der Waals surface area contributed by atoms with Crippen molar-refractivity contribution >= 4 is 23.0 Å². The highest BCUT2D eigenvalue weighted by molar-refractivity contribution is 5.86. The standard InChI is InChI=1S/C22H17F2N3O3/c23-16-7-6-15(18(24)10-16)12-30-20-5-1-3-14-9-17(26-21(14)20)11-27-8-2-4-19(22(27)29)25-13-28/h1-10,13,26H,11-12H2,(H,25,28). The zero-order chi connectivity index (χ0) is 21.1. The molecule has 0 saturated carbocycles. The van der Waals surface area contributed by atoms with Gasteiger partial charge in [-0.05, 0) is 36.4 Å². The van der Waals surface area contributed by atoms with E-state index in [0.717, 1.165) is 17.1 Å². The van der Waals surface area contributed by atoms with Crippen molar-refractivity contribution in [3.63, 3.8) is 0 Å². The van der Waals surface area contributed by atoms with E-state index in [-0.39, 0.29) is 30.0 Å². The molecule has 6 nitrogen and oxygen atoms in total. The number of hydrogen-bond donors (Lipinski definition) is 2. The lowest BCUT2D eigenvalue weighted by Crippen LogP contribution is -2.23. The Bertz CT molecular complexity index is 1280. The Morgan fingerprint density at radius 3 is 2.77 bits per heavy atom. The van der Waals surface area contributed by atoms with Crippen molar-refractivity contribution in [3.05, 3.63) is 94.0 Å². The molecule has 2 heterocycles. The summed E-state index contributed by atoms with van der Waals surface area (Å²) in [6, 6.07) is 13.8. The number of nitrogens with one attached hydrogen (secondary N) is 2. The van der Waals surface area contributed by atoms with Crippen molar-refractivity contribution < 1.29 is 18.3 Å². The smallest absolute Gasteiger partial charge is 0.274 e. The number of nitrogens with zero attached hydrogens (tertiary/aromatic N) is 1. The van der Waals surface area contributed by atoms with E-state index < -0.39 is 11.6 Å². The van der Waals surface area contributed by atoms with Gasteiger partial charge in [-0.15, -0.1) is 0 Å². The topological polar surface area (TPSA) is 76.1 Å². The van der Waals surface area contributed by atoms with Crippen LogP contribution < -0.4 is 15.6 Å². The third-order valence-corrected chi connectivity index (χ3v) is 4.65. The fourth-order valence-corrected chi connectivity index (χ4v) is 3.20. The van der Waals surface area contributed by atoms with Gasteiger partial charge in [-0.3, -0.25) is 9.59 Å². The maximum absolute atomic E-state index is 13.9. The van der Waals surface area contributed by atoms with Gasteiger partial charge in [0.1, 0.15) is 29.7 Å². The van der Waals surface area contributed by atoms with E-state index in [1.807, 2.05) is 12.1 Å². The van der Waals surface area contributed by atoms with Crippen LogP contribution in [0.25, 0.3) is 10.9 Å². The summed E-state index contributed by atoms with van der Waals surface area (Å²) in [4.78, 5) is 26.3. The number of rotatable bonds is 7. The van der Waals surface area contributed by atoms with Gasteiger partial charge in [-0.1, -0.05) is 12.1 Å². The zero-order valence-corrected chi connectivity index (χ0v) is 15.7. The molecule has 0 fully saturated rings. The summed E-state index contributed by atoms with van der Waals surface area (Å²) in [5.41, 5.74) is 1.55. The normalized spacial score (nSPS) is 10.9. The monoisotopic (exact) mass is 409 g/mol. The highest BCUT2D eigenvalue weighted by atomic mass is 19.1. The van der Waals surface area contributed by atoms with Crippen molar-refractivity contribution in [2.45, 2.75) is 13.2 Å². The molecule has 0 unspecified atom stereocenters. The number of hydrogen-bond acceptors (Lipinski definition) is 3. The summed E-state index contributed by atoms with van der Waals surface area (Å²) < 4.78 is 34.1. The molecule has 1 amide bonds. The number of fused-ring (bicyclic) bond motifs is 1. The Morgan fingerprint density at radius 1 is 1.10 bits per heavy atom. The first-order valence-electron chi connectivity index (χ1n) is 9.12. The Morgan fingerprint density at radius 2 is 1.97 bits per heavy atom. The number of carbonyl (C=O) groups is 1. The third-order valence-electron chi connectivity index (χ3n) is 4.65. The van der Waals surface area contributed by atoms with Crippen molar-refractivity contribution in [1.82, 2.24) is 9.55 Å². The number of halogens is 2. The first kappa shape index (κ1) is 19.4. The number of amides is 1. The fraction of sp³-hybridized carbons (Fsp3) is 0.0909. The molecular weight excluding hydrogens is 392 g/mol. The van der Waals surface area contributed by atoms with Gasteiger partial charge >= 0.3 is 0 Å². The number of aromatic amines is 1. The maximum Gasteiger partial charge on any atom is 0.274 e. The Kier molecular flexibility index (Phi) is 5.30. The minimum atomic E-state index is -0.669. The molecule has 0 bridgehead atoms. The molecule has 0 aliphatic carbocycles. The van der Waals surface area contributed by atoms with Crippen LogP contribution in [0.15, 0.2) is 65.6 Å². The van der Waals surface area contributed by atoms with E-state index in [9.17, 15) is 18.4 Å². The first-order valence-corrected chi connectivity index (χ1v) is 9.12. The van der Waals surface area contributed by atoms with Crippen LogP contribution in [0.2, 0.25) is 0 Å². The molecule has 0 spiro atoms. The Labute approximate surface area is 169 Å². The second-order valence-corrected chi connectivity index (χ2v) is 6.66. The molecule has 0 aliphatic rings. The van der Waals surface area contributed by atoms with Gasteiger partial charge in [0.2, 0.25) is 6.41 Å². The number of ether oxygens (including phenoxy) is 1. The van der Waals surface area contributed by atoms with Gasteiger partial charge in [0.15, 0.2) is 0 Å². The summed E-state index contributed by atoms with van der Waals surface area (Å²) >= 11 is 0. The van der Waals surface area contributed by atoms with E-state index in [4.69, 9.17) is 4.74 Å². The molecule has 8 heteroatoms. The van der Waals surface area contributed by atoms with Gasteiger partial charge in [-0.25, -0.2) is 8.78 Å². The summed E-state index contributed by atoms with van der Waals surface area (Å²) in [7, 11) is 0. The van der Waals surface area contributed by atoms with Gasteiger partial charge < -0.3 is 19.6 Å². The summed E-state index contributed by atoms with van der Waals surface area (Å²) in [6.07, 6.45) is 2.08. The highest BCUT2D eigenvalue weighted by Crippen LogP contribution is 2.27. The van der Waals surface area contributed by atoms with Gasteiger partial charge in [0, 0.05) is 28.9 Å². The van der Waals surface area contributed by atoms with Crippen LogP contribution >= 0.6 is 0 Å². The molecule has 0 aliphatic heterocycles. The number of para-hydroxylation sites is 1. The third kappa shape index (κ3) is 3.93. The van der Waals surface area contributed by atoms with Crippen LogP contribution in [0.4, 0.5) is 14.5 Å². The average Bonchev–Trinajstić information content (AvgIpc) is 3.14. The van der Waals surface area contributed by atoms with Gasteiger partial charge in [0.05, 0.1) is 12.1 Å². The Hall–Kier alpha value is -3.94. The second-order valence-electron chi connectivity index (χ2n) is 6.66. The SMILES string of the molecule is O=CNc1cccn(Cc2cc3cccc(OCc4ccc(F)cc4F)c3[nH]2)c1=O. The second kappa shape index (κ2) is 8.20. The molecular formula is C22H17F2N3O3. The predicted octanol–water partition coefficient (Wildman–Crippen LogP) is 3.80. The molecule has 0 atom stereocenters. The summed E-state index contributed by atoms with van der Waals surface area (Å²) in [5, 5.41) is 3.24. The number of pyridine rings is 1. The lowest BCUT2D eigenvalue weighted by molar-refractivity contribution is -0.105. The van der Waals surface area contributed by atoms with Crippen LogP contribution in [0.1, 0.15) is 11.3 Å². The van der Waals surface area contributed by atoms with E-state index in [1.165, 1.54) is 22.8 Å². The number of H-pyrrole nitrogens is 1. The molecule has 0 radical (unpaired) electrons. The average molecular weight is 409 g/mol. The molecule has 30 heavy (non-hydrogen) atoms. The summed E-state index contributed by atoms with van der Waals surface area (Å²) in [6.45, 7) is 0.201. The van der Waals surface area contributed by atoms with E-state index in [0.29, 0.717) is 17.7 Å². The molecule has 2 N–H and O–H groups in total. The van der Waals surface area contributed by atoms with E-state index in [1.54, 1.807) is 24.4 Å². The number of benzene rings is 2. The summed E-state index contributed by atoms with van der Waals surface area (Å²) in [5.74, 6) is -0.807. The molecule has 2 aromatic carbocycles. The number of aromatic nitrogens is 2. The van der Waals surface area contributed by atoms with Crippen LogP contribution in [-0.4, -0.2) is 16.0 Å². The number of carbonyl (C=O) groups excluding carboxylic acids is 1. The molecule has 2 aromatic heterocycles. The molecule has 4 aromatic rings. The lowest BCUT2D eigenvalue weighted by Gasteiger charge is -2.08. The number of anilines is 1. The van der Waals surface area contributed by atoms with Gasteiger partial charge in [-0.2, -0.15) is 0 Å². The highest BCUT2D eigenvalue weighted by Gasteiger charge is 2.10. The Balaban J connectivity index is 1.59. The predicted molar refractivity (Wildman–Crippen MR) is 108 cm³/mol. The quantitative estimate of drug-likeness (QED) is 0.456. The van der Waals surface area contributed by atoms with Crippen molar-refractivity contribution in [2.75, 3.05) is 5.32 Å². The van der Waals surface area contributed by atoms with Crippen LogP contribution in [-0.2, 0) is 17.9 Å². The lowest BCUT2D eigenvalue weighted by atomic mass is 10.2. The maximum atomic E-state index is 13.9. The minimum absolute atomic E-state index is 0.0571. The zero-order valence-electron chi connectivity index (χ0n) is 15.7. The van der Waals surface area contributed by atoms with Crippen molar-refractivity contribution in [3.8, 4) is 5.75 Å². The minimum Gasteiger partial charge on any atom is -0.487 e. The first-order chi connectivity index (χ1) is 14.5. The van der Waals surface area contributed by atoms with Crippen LogP contribution in [0.5, 0.6) is 5.75 Å². The molecule has 0 saturated heterocycles. The van der Waals surface area contributed by atoms with Gasteiger partial charge in [0.25, 0.3) is 5.56 Å². The van der Waals surface area contributed by atoms with Crippen LogP contribution in [0.3, 0.4) is 0 Å². The fourth-order valence-electron chi connectivity index (χ4n) is 3.20.